The number of furan rings is 1. The van der Waals surface area contributed by atoms with Gasteiger partial charge in [-0.25, -0.2) is 4.98 Å². The van der Waals surface area contributed by atoms with Crippen molar-refractivity contribution in [2.75, 3.05) is 5.32 Å². The van der Waals surface area contributed by atoms with Crippen LogP contribution in [0.25, 0.3) is 11.6 Å². The SMILES string of the molecule is O=C(Nc1ncc(Br)s1)C(=Cc1ccco1)c1ccc(Br)cc1. The Morgan fingerprint density at radius 2 is 2.00 bits per heavy atom. The molecule has 23 heavy (non-hydrogen) atoms. The van der Waals surface area contributed by atoms with Crippen molar-refractivity contribution in [2.45, 2.75) is 0 Å². The zero-order valence-corrected chi connectivity index (χ0v) is 15.6. The summed E-state index contributed by atoms with van der Waals surface area (Å²) in [5.41, 5.74) is 1.29. The predicted molar refractivity (Wildman–Crippen MR) is 99.2 cm³/mol. The van der Waals surface area contributed by atoms with E-state index in [1.165, 1.54) is 11.3 Å². The van der Waals surface area contributed by atoms with E-state index in [2.05, 4.69) is 42.2 Å². The molecule has 0 aliphatic carbocycles. The molecule has 0 aliphatic rings. The van der Waals surface area contributed by atoms with Gasteiger partial charge in [0.25, 0.3) is 5.91 Å². The summed E-state index contributed by atoms with van der Waals surface area (Å²) >= 11 is 8.08. The zero-order chi connectivity index (χ0) is 16.2. The number of nitrogens with one attached hydrogen (secondary N) is 1. The van der Waals surface area contributed by atoms with E-state index in [1.807, 2.05) is 24.3 Å². The second-order valence-corrected chi connectivity index (χ2v) is 7.83. The second kappa shape index (κ2) is 7.25. The average molecular weight is 454 g/mol. The molecular weight excluding hydrogens is 444 g/mol. The number of carbonyl (C=O) groups excluding carboxylic acids is 1. The summed E-state index contributed by atoms with van der Waals surface area (Å²) in [4.78, 5) is 16.8. The molecule has 0 radical (unpaired) electrons. The van der Waals surface area contributed by atoms with E-state index in [0.717, 1.165) is 13.8 Å². The molecule has 2 heterocycles. The summed E-state index contributed by atoms with van der Waals surface area (Å²) in [5.74, 6) is 0.365. The molecule has 0 atom stereocenters. The largest absolute Gasteiger partial charge is 0.465 e. The standard InChI is InChI=1S/C16H10Br2N2O2S/c17-11-5-3-10(4-6-11)13(8-12-2-1-7-22-12)15(21)20-16-19-9-14(18)23-16/h1-9H,(H,19,20,21). The molecule has 7 heteroatoms. The zero-order valence-electron chi connectivity index (χ0n) is 11.6. The first-order valence-electron chi connectivity index (χ1n) is 6.55. The Bertz CT molecular complexity index is 839. The highest BCUT2D eigenvalue weighted by molar-refractivity contribution is 9.11. The van der Waals surface area contributed by atoms with Gasteiger partial charge in [-0.15, -0.1) is 0 Å². The number of rotatable bonds is 4. The molecule has 3 aromatic rings. The van der Waals surface area contributed by atoms with Crippen LogP contribution in [0.5, 0.6) is 0 Å². The van der Waals surface area contributed by atoms with Crippen LogP contribution >= 0.6 is 43.2 Å². The summed E-state index contributed by atoms with van der Waals surface area (Å²) in [5, 5.41) is 3.34. The minimum absolute atomic E-state index is 0.245. The minimum Gasteiger partial charge on any atom is -0.465 e. The average Bonchev–Trinajstić information content (AvgIpc) is 3.17. The maximum Gasteiger partial charge on any atom is 0.258 e. The summed E-state index contributed by atoms with van der Waals surface area (Å²) in [6.07, 6.45) is 4.93. The third-order valence-electron chi connectivity index (χ3n) is 2.93. The number of aromatic nitrogens is 1. The van der Waals surface area contributed by atoms with Crippen LogP contribution in [-0.4, -0.2) is 10.9 Å². The smallest absolute Gasteiger partial charge is 0.258 e. The maximum absolute atomic E-state index is 12.7. The summed E-state index contributed by atoms with van der Waals surface area (Å²) in [6, 6.07) is 11.1. The third-order valence-corrected chi connectivity index (χ3v) is 4.85. The summed E-state index contributed by atoms with van der Waals surface area (Å²) < 4.78 is 7.13. The Hall–Kier alpha value is -1.70. The summed E-state index contributed by atoms with van der Waals surface area (Å²) in [7, 11) is 0. The van der Waals surface area contributed by atoms with Crippen molar-refractivity contribution < 1.29 is 9.21 Å². The number of benzene rings is 1. The van der Waals surface area contributed by atoms with E-state index in [0.29, 0.717) is 16.5 Å². The Balaban J connectivity index is 1.94. The van der Waals surface area contributed by atoms with Gasteiger partial charge in [-0.1, -0.05) is 39.4 Å². The van der Waals surface area contributed by atoms with Crippen LogP contribution in [0.4, 0.5) is 5.13 Å². The quantitative estimate of drug-likeness (QED) is 0.535. The first-order chi connectivity index (χ1) is 11.1. The molecular formula is C16H10Br2N2O2S. The van der Waals surface area contributed by atoms with Crippen LogP contribution in [0.15, 0.2) is 61.5 Å². The van der Waals surface area contributed by atoms with Crippen molar-refractivity contribution in [3.63, 3.8) is 0 Å². The van der Waals surface area contributed by atoms with Gasteiger partial charge < -0.3 is 4.42 Å². The highest BCUT2D eigenvalue weighted by atomic mass is 79.9. The van der Waals surface area contributed by atoms with Gasteiger partial charge in [0, 0.05) is 4.47 Å². The molecule has 0 spiro atoms. The molecule has 1 amide bonds. The molecule has 4 nitrogen and oxygen atoms in total. The molecule has 0 saturated heterocycles. The molecule has 1 aromatic carbocycles. The van der Waals surface area contributed by atoms with Crippen LogP contribution in [0.1, 0.15) is 11.3 Å². The number of hydrogen-bond donors (Lipinski definition) is 1. The van der Waals surface area contributed by atoms with Gasteiger partial charge >= 0.3 is 0 Å². The third kappa shape index (κ3) is 4.19. The fraction of sp³-hybridized carbons (Fsp3) is 0. The van der Waals surface area contributed by atoms with Crippen LogP contribution in [0, 0.1) is 0 Å². The number of carbonyl (C=O) groups is 1. The Labute approximate surface area is 153 Å². The topological polar surface area (TPSA) is 55.1 Å². The number of hydrogen-bond acceptors (Lipinski definition) is 4. The van der Waals surface area contributed by atoms with Gasteiger partial charge in [0.1, 0.15) is 5.76 Å². The molecule has 0 saturated carbocycles. The number of thiazole rings is 1. The molecule has 0 bridgehead atoms. The number of halogens is 2. The van der Waals surface area contributed by atoms with Crippen molar-refractivity contribution in [3.05, 3.63) is 68.4 Å². The molecule has 2 aromatic heterocycles. The van der Waals surface area contributed by atoms with E-state index in [1.54, 1.807) is 30.7 Å². The second-order valence-electron chi connectivity index (χ2n) is 4.50. The number of amides is 1. The summed E-state index contributed by atoms with van der Waals surface area (Å²) in [6.45, 7) is 0. The highest BCUT2D eigenvalue weighted by Crippen LogP contribution is 2.26. The molecule has 116 valence electrons. The van der Waals surface area contributed by atoms with Crippen molar-refractivity contribution in [1.82, 2.24) is 4.98 Å². The lowest BCUT2D eigenvalue weighted by molar-refractivity contribution is -0.111. The van der Waals surface area contributed by atoms with Crippen LogP contribution < -0.4 is 5.32 Å². The predicted octanol–water partition coefficient (Wildman–Crippen LogP) is 5.44. The lowest BCUT2D eigenvalue weighted by atomic mass is 10.0. The van der Waals surface area contributed by atoms with Crippen molar-refractivity contribution in [2.24, 2.45) is 0 Å². The van der Waals surface area contributed by atoms with Crippen molar-refractivity contribution in [1.29, 1.82) is 0 Å². The van der Waals surface area contributed by atoms with E-state index in [9.17, 15) is 4.79 Å². The molecule has 0 unspecified atom stereocenters. The lowest BCUT2D eigenvalue weighted by Crippen LogP contribution is -2.13. The number of nitrogens with zero attached hydrogens (tertiary/aromatic N) is 1. The van der Waals surface area contributed by atoms with Gasteiger partial charge in [-0.05, 0) is 51.8 Å². The monoisotopic (exact) mass is 452 g/mol. The fourth-order valence-corrected chi connectivity index (χ4v) is 3.27. The minimum atomic E-state index is -0.245. The van der Waals surface area contributed by atoms with E-state index in [-0.39, 0.29) is 5.91 Å². The highest BCUT2D eigenvalue weighted by Gasteiger charge is 2.15. The normalized spacial score (nSPS) is 11.5. The first kappa shape index (κ1) is 16.2. The van der Waals surface area contributed by atoms with E-state index >= 15 is 0 Å². The van der Waals surface area contributed by atoms with Gasteiger partial charge in [0.05, 0.1) is 21.8 Å². The van der Waals surface area contributed by atoms with Gasteiger partial charge in [0.15, 0.2) is 5.13 Å². The van der Waals surface area contributed by atoms with Gasteiger partial charge in [0.2, 0.25) is 0 Å². The van der Waals surface area contributed by atoms with E-state index in [4.69, 9.17) is 4.42 Å². The van der Waals surface area contributed by atoms with Crippen LogP contribution in [0.3, 0.4) is 0 Å². The van der Waals surface area contributed by atoms with Crippen molar-refractivity contribution >= 4 is 65.9 Å². The molecule has 0 aliphatic heterocycles. The Morgan fingerprint density at radius 3 is 2.61 bits per heavy atom. The van der Waals surface area contributed by atoms with E-state index < -0.39 is 0 Å². The Morgan fingerprint density at radius 1 is 1.22 bits per heavy atom. The van der Waals surface area contributed by atoms with Crippen LogP contribution in [0.2, 0.25) is 0 Å². The van der Waals surface area contributed by atoms with Crippen molar-refractivity contribution in [3.8, 4) is 0 Å². The van der Waals surface area contributed by atoms with Crippen LogP contribution in [-0.2, 0) is 4.79 Å². The molecule has 3 rings (SSSR count). The fourth-order valence-electron chi connectivity index (χ4n) is 1.90. The first-order valence-corrected chi connectivity index (χ1v) is 8.96. The van der Waals surface area contributed by atoms with Gasteiger partial charge in [-0.3, -0.25) is 10.1 Å². The van der Waals surface area contributed by atoms with Gasteiger partial charge in [-0.2, -0.15) is 0 Å². The number of anilines is 1. The molecule has 1 N–H and O–H groups in total. The maximum atomic E-state index is 12.7. The Kier molecular flexibility index (Phi) is 5.09. The lowest BCUT2D eigenvalue weighted by Gasteiger charge is -2.07. The molecule has 0 fully saturated rings.